The highest BCUT2D eigenvalue weighted by molar-refractivity contribution is 5.96. The quantitative estimate of drug-likeness (QED) is 0.458. The zero-order valence-corrected chi connectivity index (χ0v) is 18.1. The molecule has 0 bridgehead atoms. The van der Waals surface area contributed by atoms with Crippen molar-refractivity contribution in [2.24, 2.45) is 5.73 Å². The molecule has 1 aliphatic rings. The molecule has 0 fully saturated rings. The molecule has 0 aliphatic carbocycles. The molecule has 5 rings (SSSR count). The molecule has 7 nitrogen and oxygen atoms in total. The van der Waals surface area contributed by atoms with Crippen LogP contribution >= 0.6 is 0 Å². The number of anilines is 1. The Morgan fingerprint density at radius 1 is 1.09 bits per heavy atom. The van der Waals surface area contributed by atoms with Crippen molar-refractivity contribution in [3.05, 3.63) is 95.8 Å². The molecule has 3 N–H and O–H groups in total. The Hall–Kier alpha value is -4.46. The van der Waals surface area contributed by atoms with Gasteiger partial charge < -0.3 is 15.8 Å². The summed E-state index contributed by atoms with van der Waals surface area (Å²) in [6.07, 6.45) is 0.225. The molecule has 1 atom stereocenters. The van der Waals surface area contributed by atoms with Crippen molar-refractivity contribution < 1.29 is 18.7 Å². The van der Waals surface area contributed by atoms with Gasteiger partial charge in [0.15, 0.2) is 6.61 Å². The van der Waals surface area contributed by atoms with Crippen LogP contribution in [-0.2, 0) is 9.59 Å². The van der Waals surface area contributed by atoms with Crippen molar-refractivity contribution >= 4 is 17.6 Å². The summed E-state index contributed by atoms with van der Waals surface area (Å²) in [5.41, 5.74) is 8.98. The van der Waals surface area contributed by atoms with Gasteiger partial charge in [-0.1, -0.05) is 48.5 Å². The van der Waals surface area contributed by atoms with Crippen molar-refractivity contribution in [1.82, 2.24) is 9.78 Å². The molecule has 1 aliphatic heterocycles. The molecule has 2 amide bonds. The van der Waals surface area contributed by atoms with Crippen LogP contribution in [0.25, 0.3) is 16.9 Å². The number of ether oxygens (including phenoxy) is 1. The Balaban J connectivity index is 1.64. The van der Waals surface area contributed by atoms with Crippen molar-refractivity contribution in [2.75, 3.05) is 11.9 Å². The first-order chi connectivity index (χ1) is 16.5. The summed E-state index contributed by atoms with van der Waals surface area (Å²) >= 11 is 0. The van der Waals surface area contributed by atoms with E-state index >= 15 is 0 Å². The van der Waals surface area contributed by atoms with Crippen molar-refractivity contribution in [3.8, 4) is 22.7 Å². The first kappa shape index (κ1) is 21.4. The third-order valence-corrected chi connectivity index (χ3v) is 5.68. The number of nitrogens with one attached hydrogen (secondary N) is 1. The Bertz CT molecular complexity index is 1370. The normalized spacial score (nSPS) is 14.9. The molecule has 34 heavy (non-hydrogen) atoms. The molecule has 0 saturated heterocycles. The highest BCUT2D eigenvalue weighted by atomic mass is 19.1. The van der Waals surface area contributed by atoms with Gasteiger partial charge >= 0.3 is 0 Å². The fourth-order valence-corrected chi connectivity index (χ4v) is 4.19. The molecule has 0 radical (unpaired) electrons. The lowest BCUT2D eigenvalue weighted by molar-refractivity contribution is -0.120. The molecule has 1 aromatic heterocycles. The van der Waals surface area contributed by atoms with E-state index in [1.54, 1.807) is 28.9 Å². The number of benzene rings is 3. The molecule has 4 aromatic rings. The van der Waals surface area contributed by atoms with Crippen molar-refractivity contribution in [1.29, 1.82) is 0 Å². The van der Waals surface area contributed by atoms with E-state index < -0.39 is 11.7 Å². The van der Waals surface area contributed by atoms with Gasteiger partial charge in [0.2, 0.25) is 5.91 Å². The van der Waals surface area contributed by atoms with E-state index in [0.717, 1.165) is 16.7 Å². The van der Waals surface area contributed by atoms with Crippen LogP contribution in [0.4, 0.5) is 10.2 Å². The van der Waals surface area contributed by atoms with Gasteiger partial charge in [0.05, 0.1) is 11.4 Å². The minimum absolute atomic E-state index is 0.163. The van der Waals surface area contributed by atoms with Crippen LogP contribution in [0.2, 0.25) is 0 Å². The third-order valence-electron chi connectivity index (χ3n) is 5.68. The number of amides is 2. The minimum atomic E-state index is -0.560. The maximum Gasteiger partial charge on any atom is 0.255 e. The van der Waals surface area contributed by atoms with Gasteiger partial charge in [-0.25, -0.2) is 9.07 Å². The molecular formula is C26H21FN4O3. The predicted molar refractivity (Wildman–Crippen MR) is 125 cm³/mol. The molecular weight excluding hydrogens is 435 g/mol. The second-order valence-electron chi connectivity index (χ2n) is 8.00. The van der Waals surface area contributed by atoms with Crippen LogP contribution in [0, 0.1) is 5.82 Å². The maximum atomic E-state index is 14.0. The van der Waals surface area contributed by atoms with Gasteiger partial charge in [0, 0.05) is 23.5 Å². The van der Waals surface area contributed by atoms with Crippen LogP contribution in [0.3, 0.4) is 0 Å². The van der Waals surface area contributed by atoms with Gasteiger partial charge in [-0.3, -0.25) is 9.59 Å². The zero-order chi connectivity index (χ0) is 23.7. The van der Waals surface area contributed by atoms with Gasteiger partial charge in [0.1, 0.15) is 17.4 Å². The lowest BCUT2D eigenvalue weighted by atomic mass is 9.84. The Kier molecular flexibility index (Phi) is 5.55. The topological polar surface area (TPSA) is 99.2 Å². The summed E-state index contributed by atoms with van der Waals surface area (Å²) in [6, 6.07) is 22.9. The Morgan fingerprint density at radius 2 is 1.85 bits per heavy atom. The minimum Gasteiger partial charge on any atom is -0.484 e. The number of nitrogens with two attached hydrogens (primary N) is 1. The van der Waals surface area contributed by atoms with Crippen molar-refractivity contribution in [3.63, 3.8) is 0 Å². The van der Waals surface area contributed by atoms with Crippen LogP contribution in [0.5, 0.6) is 5.75 Å². The molecule has 8 heteroatoms. The van der Waals surface area contributed by atoms with Gasteiger partial charge in [-0.2, -0.15) is 5.10 Å². The monoisotopic (exact) mass is 456 g/mol. The van der Waals surface area contributed by atoms with E-state index in [1.807, 2.05) is 42.5 Å². The average molecular weight is 456 g/mol. The molecule has 1 unspecified atom stereocenters. The second-order valence-corrected chi connectivity index (χ2v) is 8.00. The summed E-state index contributed by atoms with van der Waals surface area (Å²) in [6.45, 7) is -0.214. The van der Waals surface area contributed by atoms with Gasteiger partial charge in [-0.15, -0.1) is 0 Å². The molecule has 2 heterocycles. The van der Waals surface area contributed by atoms with Crippen molar-refractivity contribution in [2.45, 2.75) is 12.3 Å². The highest BCUT2D eigenvalue weighted by Gasteiger charge is 2.34. The lowest BCUT2D eigenvalue weighted by Crippen LogP contribution is -2.25. The van der Waals surface area contributed by atoms with E-state index in [9.17, 15) is 14.0 Å². The van der Waals surface area contributed by atoms with Crippen LogP contribution < -0.4 is 15.8 Å². The summed E-state index contributed by atoms with van der Waals surface area (Å²) < 4.78 is 21.0. The first-order valence-electron chi connectivity index (χ1n) is 10.7. The highest BCUT2D eigenvalue weighted by Crippen LogP contribution is 2.44. The number of fused-ring (bicyclic) bond motifs is 1. The summed E-state index contributed by atoms with van der Waals surface area (Å²) in [5, 5.41) is 7.75. The van der Waals surface area contributed by atoms with Crippen LogP contribution in [-0.4, -0.2) is 28.2 Å². The maximum absolute atomic E-state index is 14.0. The Labute approximate surface area is 195 Å². The lowest BCUT2D eigenvalue weighted by Gasteiger charge is -2.25. The number of primary amides is 1. The number of hydrogen-bond acceptors (Lipinski definition) is 4. The Morgan fingerprint density at radius 3 is 2.56 bits per heavy atom. The summed E-state index contributed by atoms with van der Waals surface area (Å²) in [5.74, 6) is -0.389. The predicted octanol–water partition coefficient (Wildman–Crippen LogP) is 4.02. The van der Waals surface area contributed by atoms with E-state index in [1.165, 1.54) is 12.1 Å². The summed E-state index contributed by atoms with van der Waals surface area (Å²) in [4.78, 5) is 23.7. The fraction of sp³-hybridized carbons (Fsp3) is 0.115. The smallest absolute Gasteiger partial charge is 0.255 e. The van der Waals surface area contributed by atoms with Crippen LogP contribution in [0.1, 0.15) is 23.5 Å². The van der Waals surface area contributed by atoms with E-state index in [0.29, 0.717) is 22.9 Å². The van der Waals surface area contributed by atoms with Crippen LogP contribution in [0.15, 0.2) is 78.9 Å². The van der Waals surface area contributed by atoms with E-state index in [4.69, 9.17) is 15.6 Å². The van der Waals surface area contributed by atoms with E-state index in [2.05, 4.69) is 5.32 Å². The molecule has 3 aromatic carbocycles. The first-order valence-corrected chi connectivity index (χ1v) is 10.7. The number of carbonyl (C=O) groups is 2. The molecule has 0 spiro atoms. The van der Waals surface area contributed by atoms with Gasteiger partial charge in [0.25, 0.3) is 5.91 Å². The second kappa shape index (κ2) is 8.82. The number of aromatic nitrogens is 2. The zero-order valence-electron chi connectivity index (χ0n) is 18.1. The number of halogens is 1. The number of carbonyl (C=O) groups excluding carboxylic acids is 2. The fourth-order valence-electron chi connectivity index (χ4n) is 4.19. The number of rotatable bonds is 6. The number of nitrogens with zero attached hydrogens (tertiary/aromatic N) is 2. The third kappa shape index (κ3) is 4.13. The summed E-state index contributed by atoms with van der Waals surface area (Å²) in [7, 11) is 0. The largest absolute Gasteiger partial charge is 0.484 e. The molecule has 170 valence electrons. The number of hydrogen-bond donors (Lipinski definition) is 2. The SMILES string of the molecule is NC(=O)COc1ccc(C2CC(=O)Nc3c2c(-c2ccccc2)nn3-c2cccc(F)c2)cc1. The standard InChI is InChI=1S/C26H21FN4O3/c27-18-7-4-8-19(13-18)31-26-24(25(30-31)17-5-2-1-3-6-17)21(14-23(33)29-26)16-9-11-20(12-10-16)34-15-22(28)32/h1-13,21H,14-15H2,(H2,28,32)(H,29,33). The van der Waals surface area contributed by atoms with Gasteiger partial charge in [-0.05, 0) is 35.9 Å². The average Bonchev–Trinajstić information content (AvgIpc) is 3.22. The van der Waals surface area contributed by atoms with E-state index in [-0.39, 0.29) is 24.9 Å². The molecule has 0 saturated carbocycles.